The number of likely N-dealkylation sites (tertiary alicyclic amines) is 1. The Morgan fingerprint density at radius 1 is 1.23 bits per heavy atom. The SMILES string of the molecule is CN(C)C(=O)CN=C(NCC1CCCCO1)N1CCC(NC(=O)OC(C)(C)C)C1.I. The molecule has 0 aliphatic carbocycles. The van der Waals surface area contributed by atoms with Gasteiger partial charge in [-0.3, -0.25) is 4.79 Å². The lowest BCUT2D eigenvalue weighted by atomic mass is 10.1. The Labute approximate surface area is 197 Å². The first-order valence-corrected chi connectivity index (χ1v) is 10.5. The van der Waals surface area contributed by atoms with Crippen molar-refractivity contribution in [3.63, 3.8) is 0 Å². The highest BCUT2D eigenvalue weighted by Gasteiger charge is 2.28. The molecule has 2 N–H and O–H groups in total. The predicted molar refractivity (Wildman–Crippen MR) is 127 cm³/mol. The van der Waals surface area contributed by atoms with Crippen molar-refractivity contribution in [2.24, 2.45) is 4.99 Å². The Morgan fingerprint density at radius 3 is 2.57 bits per heavy atom. The Kier molecular flexibility index (Phi) is 11.2. The monoisotopic (exact) mass is 539 g/mol. The number of rotatable bonds is 5. The summed E-state index contributed by atoms with van der Waals surface area (Å²) in [6.07, 6.45) is 3.86. The number of carbonyl (C=O) groups is 2. The smallest absolute Gasteiger partial charge is 0.407 e. The maximum atomic E-state index is 12.0. The molecule has 2 aliphatic rings. The van der Waals surface area contributed by atoms with Crippen molar-refractivity contribution >= 4 is 41.9 Å². The van der Waals surface area contributed by atoms with Gasteiger partial charge in [0.25, 0.3) is 0 Å². The van der Waals surface area contributed by atoms with Crippen LogP contribution in [0.25, 0.3) is 0 Å². The number of carbonyl (C=O) groups excluding carboxylic acids is 2. The van der Waals surface area contributed by atoms with Crippen molar-refractivity contribution < 1.29 is 19.1 Å². The summed E-state index contributed by atoms with van der Waals surface area (Å²) in [4.78, 5) is 32.2. The lowest BCUT2D eigenvalue weighted by Gasteiger charge is -2.27. The Balaban J connectivity index is 0.00000450. The van der Waals surface area contributed by atoms with Gasteiger partial charge in [0.05, 0.1) is 12.1 Å². The van der Waals surface area contributed by atoms with Crippen LogP contribution in [0.5, 0.6) is 0 Å². The van der Waals surface area contributed by atoms with Crippen LogP contribution in [0, 0.1) is 0 Å². The zero-order valence-electron chi connectivity index (χ0n) is 18.9. The number of hydrogen-bond donors (Lipinski definition) is 2. The molecule has 2 atom stereocenters. The highest BCUT2D eigenvalue weighted by molar-refractivity contribution is 14.0. The highest BCUT2D eigenvalue weighted by atomic mass is 127. The molecule has 0 aromatic rings. The van der Waals surface area contributed by atoms with E-state index in [1.165, 1.54) is 11.3 Å². The molecular weight excluding hydrogens is 501 g/mol. The average Bonchev–Trinajstić information content (AvgIpc) is 3.08. The van der Waals surface area contributed by atoms with Gasteiger partial charge in [-0.25, -0.2) is 9.79 Å². The van der Waals surface area contributed by atoms with E-state index in [0.29, 0.717) is 19.0 Å². The Hall–Kier alpha value is -1.30. The molecule has 2 unspecified atom stereocenters. The normalized spacial score (nSPS) is 22.2. The molecule has 2 fully saturated rings. The number of alkyl carbamates (subject to hydrolysis) is 1. The van der Waals surface area contributed by atoms with Crippen LogP contribution >= 0.6 is 24.0 Å². The number of aliphatic imine (C=N–C) groups is 1. The number of amides is 2. The van der Waals surface area contributed by atoms with E-state index in [-0.39, 0.29) is 48.6 Å². The van der Waals surface area contributed by atoms with Gasteiger partial charge in [-0.2, -0.15) is 0 Å². The summed E-state index contributed by atoms with van der Waals surface area (Å²) in [7, 11) is 3.44. The molecule has 2 amide bonds. The van der Waals surface area contributed by atoms with Gasteiger partial charge in [0.15, 0.2) is 5.96 Å². The molecular formula is C20H38IN5O4. The second-order valence-corrected chi connectivity index (χ2v) is 8.88. The summed E-state index contributed by atoms with van der Waals surface area (Å²) >= 11 is 0. The van der Waals surface area contributed by atoms with Crippen molar-refractivity contribution in [1.82, 2.24) is 20.4 Å². The average molecular weight is 539 g/mol. The number of guanidine groups is 1. The second kappa shape index (κ2) is 12.5. The van der Waals surface area contributed by atoms with E-state index < -0.39 is 11.7 Å². The molecule has 9 nitrogen and oxygen atoms in total. The molecule has 2 aliphatic heterocycles. The number of nitrogens with one attached hydrogen (secondary N) is 2. The molecule has 174 valence electrons. The van der Waals surface area contributed by atoms with Gasteiger partial charge in [-0.1, -0.05) is 0 Å². The van der Waals surface area contributed by atoms with E-state index in [2.05, 4.69) is 20.5 Å². The van der Waals surface area contributed by atoms with Crippen LogP contribution in [0.1, 0.15) is 46.5 Å². The molecule has 0 aromatic carbocycles. The van der Waals surface area contributed by atoms with E-state index in [0.717, 1.165) is 32.4 Å². The molecule has 2 rings (SSSR count). The number of likely N-dealkylation sites (N-methyl/N-ethyl adjacent to an activating group) is 1. The van der Waals surface area contributed by atoms with Crippen molar-refractivity contribution in [2.75, 3.05) is 46.9 Å². The molecule has 0 saturated carbocycles. The quantitative estimate of drug-likeness (QED) is 0.315. The van der Waals surface area contributed by atoms with Gasteiger partial charge in [0.1, 0.15) is 12.1 Å². The van der Waals surface area contributed by atoms with Crippen LogP contribution in [0.2, 0.25) is 0 Å². The third-order valence-electron chi connectivity index (χ3n) is 4.83. The largest absolute Gasteiger partial charge is 0.444 e. The number of ether oxygens (including phenoxy) is 2. The molecule has 0 spiro atoms. The minimum Gasteiger partial charge on any atom is -0.444 e. The first-order chi connectivity index (χ1) is 13.6. The fourth-order valence-electron chi connectivity index (χ4n) is 3.27. The first-order valence-electron chi connectivity index (χ1n) is 10.5. The third kappa shape index (κ3) is 9.67. The molecule has 0 bridgehead atoms. The number of nitrogens with zero attached hydrogens (tertiary/aromatic N) is 3. The van der Waals surface area contributed by atoms with E-state index in [1.54, 1.807) is 14.1 Å². The topological polar surface area (TPSA) is 95.5 Å². The maximum Gasteiger partial charge on any atom is 0.407 e. The standard InChI is InChI=1S/C20H37N5O4.HI/c1-20(2,3)29-19(27)23-15-9-10-25(14-15)18(22-13-17(26)24(4)5)21-12-16-8-6-7-11-28-16;/h15-16H,6-14H2,1-5H3,(H,21,22)(H,23,27);1H. The van der Waals surface area contributed by atoms with Crippen LogP contribution in [-0.4, -0.2) is 92.4 Å². The minimum absolute atomic E-state index is 0. The van der Waals surface area contributed by atoms with Gasteiger partial charge in [0.2, 0.25) is 5.91 Å². The fraction of sp³-hybridized carbons (Fsp3) is 0.850. The van der Waals surface area contributed by atoms with Crippen molar-refractivity contribution in [2.45, 2.75) is 64.2 Å². The summed E-state index contributed by atoms with van der Waals surface area (Å²) in [5, 5.41) is 6.30. The summed E-state index contributed by atoms with van der Waals surface area (Å²) in [5.74, 6) is 0.628. The van der Waals surface area contributed by atoms with Gasteiger partial charge in [-0.15, -0.1) is 24.0 Å². The van der Waals surface area contributed by atoms with Crippen molar-refractivity contribution in [3.05, 3.63) is 0 Å². The van der Waals surface area contributed by atoms with Crippen LogP contribution in [0.15, 0.2) is 4.99 Å². The minimum atomic E-state index is -0.525. The maximum absolute atomic E-state index is 12.0. The van der Waals surface area contributed by atoms with E-state index >= 15 is 0 Å². The van der Waals surface area contributed by atoms with Gasteiger partial charge in [-0.05, 0) is 46.5 Å². The summed E-state index contributed by atoms with van der Waals surface area (Å²) < 4.78 is 11.1. The Bertz CT molecular complexity index is 588. The van der Waals surface area contributed by atoms with E-state index in [1.807, 2.05) is 20.8 Å². The van der Waals surface area contributed by atoms with Crippen LogP contribution in [0.3, 0.4) is 0 Å². The van der Waals surface area contributed by atoms with E-state index in [4.69, 9.17) is 9.47 Å². The van der Waals surface area contributed by atoms with Crippen molar-refractivity contribution in [3.8, 4) is 0 Å². The predicted octanol–water partition coefficient (Wildman–Crippen LogP) is 1.81. The molecule has 30 heavy (non-hydrogen) atoms. The van der Waals surface area contributed by atoms with Gasteiger partial charge < -0.3 is 29.9 Å². The first kappa shape index (κ1) is 26.7. The lowest BCUT2D eigenvalue weighted by Crippen LogP contribution is -2.46. The second-order valence-electron chi connectivity index (χ2n) is 8.88. The van der Waals surface area contributed by atoms with Crippen LogP contribution in [0.4, 0.5) is 4.79 Å². The van der Waals surface area contributed by atoms with Crippen molar-refractivity contribution in [1.29, 1.82) is 0 Å². The summed E-state index contributed by atoms with van der Waals surface area (Å²) in [6, 6.07) is -0.0210. The zero-order valence-corrected chi connectivity index (χ0v) is 21.2. The summed E-state index contributed by atoms with van der Waals surface area (Å²) in [5.41, 5.74) is -0.525. The lowest BCUT2D eigenvalue weighted by molar-refractivity contribution is -0.127. The number of halogens is 1. The summed E-state index contributed by atoms with van der Waals surface area (Å²) in [6.45, 7) is 8.44. The molecule has 2 saturated heterocycles. The van der Waals surface area contributed by atoms with Gasteiger partial charge >= 0.3 is 6.09 Å². The molecule has 2 heterocycles. The zero-order chi connectivity index (χ0) is 21.4. The molecule has 0 radical (unpaired) electrons. The fourth-order valence-corrected chi connectivity index (χ4v) is 3.27. The van der Waals surface area contributed by atoms with Gasteiger partial charge in [0, 0.05) is 40.3 Å². The van der Waals surface area contributed by atoms with Crippen LogP contribution < -0.4 is 10.6 Å². The van der Waals surface area contributed by atoms with E-state index in [9.17, 15) is 9.59 Å². The highest BCUT2D eigenvalue weighted by Crippen LogP contribution is 2.14. The number of hydrogen-bond acceptors (Lipinski definition) is 5. The molecule has 10 heteroatoms. The molecule has 0 aromatic heterocycles. The van der Waals surface area contributed by atoms with Crippen LogP contribution in [-0.2, 0) is 14.3 Å². The Morgan fingerprint density at radius 2 is 1.97 bits per heavy atom. The third-order valence-corrected chi connectivity index (χ3v) is 4.83.